The Kier molecular flexibility index (Phi) is 11.1. The summed E-state index contributed by atoms with van der Waals surface area (Å²) >= 11 is 0. The minimum absolute atomic E-state index is 0.724. The van der Waals surface area contributed by atoms with Crippen LogP contribution >= 0.6 is 0 Å². The maximum Gasteiger partial charge on any atom is 0.119 e. The number of allylic oxidation sites excluding steroid dienone is 2. The second-order valence-corrected chi connectivity index (χ2v) is 3.39. The molecule has 0 amide bonds. The van der Waals surface area contributed by atoms with Gasteiger partial charge in [0, 0.05) is 12.8 Å². The molecule has 0 radical (unpaired) electrons. The van der Waals surface area contributed by atoms with Crippen LogP contribution in [0.25, 0.3) is 0 Å². The summed E-state index contributed by atoms with van der Waals surface area (Å²) in [6.07, 6.45) is 18.9. The fraction of sp³-hybridized carbons (Fsp3) is 0.615. The second-order valence-electron chi connectivity index (χ2n) is 3.39. The van der Waals surface area contributed by atoms with E-state index in [-0.39, 0.29) is 0 Å². The van der Waals surface area contributed by atoms with Gasteiger partial charge in [-0.05, 0) is 19.3 Å². The molecule has 0 unspecified atom stereocenters. The molecule has 0 fully saturated rings. The molecule has 0 aliphatic carbocycles. The summed E-state index contributed by atoms with van der Waals surface area (Å²) in [5.74, 6) is 2.57. The number of terminal acetylenes is 1. The van der Waals surface area contributed by atoms with Crippen LogP contribution in [0.1, 0.15) is 51.4 Å². The molecule has 0 aromatic rings. The van der Waals surface area contributed by atoms with E-state index < -0.39 is 0 Å². The summed E-state index contributed by atoms with van der Waals surface area (Å²) in [5, 5.41) is 0. The molecular weight excluding hydrogens is 172 g/mol. The molecular formula is C13H20O. The van der Waals surface area contributed by atoms with E-state index >= 15 is 0 Å². The van der Waals surface area contributed by atoms with Gasteiger partial charge >= 0.3 is 0 Å². The van der Waals surface area contributed by atoms with Crippen LogP contribution in [-0.2, 0) is 4.79 Å². The van der Waals surface area contributed by atoms with Gasteiger partial charge in [0.2, 0.25) is 0 Å². The Bertz CT molecular complexity index is 186. The third-order valence-electron chi connectivity index (χ3n) is 2.10. The topological polar surface area (TPSA) is 17.1 Å². The van der Waals surface area contributed by atoms with E-state index in [9.17, 15) is 4.79 Å². The predicted octanol–water partition coefficient (Wildman–Crippen LogP) is 3.50. The average molecular weight is 192 g/mol. The normalized spacial score (nSPS) is 10.2. The standard InChI is InChI=1S/C13H20O/c1-2-3-4-5-6-7-8-9-10-11-12-13-14/h1,4-5,13H,3,6-12H2/b5-4-. The van der Waals surface area contributed by atoms with E-state index in [4.69, 9.17) is 6.42 Å². The van der Waals surface area contributed by atoms with Crippen molar-refractivity contribution < 1.29 is 4.79 Å². The highest BCUT2D eigenvalue weighted by atomic mass is 16.1. The van der Waals surface area contributed by atoms with Crippen LogP contribution in [0.15, 0.2) is 12.2 Å². The van der Waals surface area contributed by atoms with Crippen LogP contribution in [0.4, 0.5) is 0 Å². The van der Waals surface area contributed by atoms with Gasteiger partial charge in [0.1, 0.15) is 6.29 Å². The van der Waals surface area contributed by atoms with Gasteiger partial charge in [-0.2, -0.15) is 0 Å². The van der Waals surface area contributed by atoms with Crippen molar-refractivity contribution in [2.75, 3.05) is 0 Å². The predicted molar refractivity (Wildman–Crippen MR) is 61.0 cm³/mol. The fourth-order valence-corrected chi connectivity index (χ4v) is 1.29. The number of carbonyl (C=O) groups excluding carboxylic acids is 1. The number of aldehydes is 1. The molecule has 0 atom stereocenters. The van der Waals surface area contributed by atoms with Crippen molar-refractivity contribution in [2.24, 2.45) is 0 Å². The molecule has 0 saturated heterocycles. The minimum atomic E-state index is 0.724. The molecule has 1 heteroatoms. The summed E-state index contributed by atoms with van der Waals surface area (Å²) in [7, 11) is 0. The van der Waals surface area contributed by atoms with Crippen LogP contribution in [-0.4, -0.2) is 6.29 Å². The third-order valence-corrected chi connectivity index (χ3v) is 2.10. The van der Waals surface area contributed by atoms with Crippen molar-refractivity contribution in [1.29, 1.82) is 0 Å². The van der Waals surface area contributed by atoms with Gasteiger partial charge in [-0.1, -0.05) is 31.4 Å². The molecule has 0 rings (SSSR count). The van der Waals surface area contributed by atoms with E-state index in [1.54, 1.807) is 0 Å². The van der Waals surface area contributed by atoms with E-state index in [0.717, 1.165) is 32.0 Å². The number of carbonyl (C=O) groups is 1. The first-order valence-corrected chi connectivity index (χ1v) is 5.44. The average Bonchev–Trinajstić information content (AvgIpc) is 2.21. The summed E-state index contributed by atoms with van der Waals surface area (Å²) in [5.41, 5.74) is 0. The Morgan fingerprint density at radius 3 is 2.21 bits per heavy atom. The quantitative estimate of drug-likeness (QED) is 0.236. The first kappa shape index (κ1) is 13.0. The lowest BCUT2D eigenvalue weighted by molar-refractivity contribution is -0.107. The molecule has 0 aromatic heterocycles. The Balaban J connectivity index is 2.99. The Hall–Kier alpha value is -1.03. The summed E-state index contributed by atoms with van der Waals surface area (Å²) in [4.78, 5) is 10.0. The zero-order chi connectivity index (χ0) is 10.5. The summed E-state index contributed by atoms with van der Waals surface area (Å²) in [6.45, 7) is 0. The zero-order valence-electron chi connectivity index (χ0n) is 8.87. The summed E-state index contributed by atoms with van der Waals surface area (Å²) < 4.78 is 0. The van der Waals surface area contributed by atoms with Gasteiger partial charge in [-0.3, -0.25) is 0 Å². The Morgan fingerprint density at radius 1 is 0.929 bits per heavy atom. The molecule has 14 heavy (non-hydrogen) atoms. The molecule has 0 saturated carbocycles. The molecule has 0 aliphatic heterocycles. The molecule has 0 aromatic carbocycles. The minimum Gasteiger partial charge on any atom is -0.303 e. The van der Waals surface area contributed by atoms with Crippen LogP contribution in [0, 0.1) is 12.3 Å². The molecule has 0 aliphatic rings. The van der Waals surface area contributed by atoms with Crippen LogP contribution in [0.3, 0.4) is 0 Å². The lowest BCUT2D eigenvalue weighted by Crippen LogP contribution is -1.80. The van der Waals surface area contributed by atoms with Crippen molar-refractivity contribution >= 4 is 6.29 Å². The lowest BCUT2D eigenvalue weighted by atomic mass is 10.1. The first-order valence-electron chi connectivity index (χ1n) is 5.44. The molecule has 0 N–H and O–H groups in total. The first-order chi connectivity index (χ1) is 6.91. The number of rotatable bonds is 9. The van der Waals surface area contributed by atoms with Gasteiger partial charge in [0.05, 0.1) is 0 Å². The molecule has 0 heterocycles. The highest BCUT2D eigenvalue weighted by Crippen LogP contribution is 2.06. The van der Waals surface area contributed by atoms with Crippen molar-refractivity contribution in [2.45, 2.75) is 51.4 Å². The second kappa shape index (κ2) is 12.0. The molecule has 0 spiro atoms. The molecule has 1 nitrogen and oxygen atoms in total. The van der Waals surface area contributed by atoms with Gasteiger partial charge in [0.15, 0.2) is 0 Å². The third kappa shape index (κ3) is 11.0. The SMILES string of the molecule is C#CC/C=C\CCCCCCCC=O. The van der Waals surface area contributed by atoms with Crippen molar-refractivity contribution in [3.63, 3.8) is 0 Å². The highest BCUT2D eigenvalue weighted by Gasteiger charge is 1.88. The fourth-order valence-electron chi connectivity index (χ4n) is 1.29. The van der Waals surface area contributed by atoms with Crippen LogP contribution < -0.4 is 0 Å². The zero-order valence-corrected chi connectivity index (χ0v) is 8.87. The smallest absolute Gasteiger partial charge is 0.119 e. The monoisotopic (exact) mass is 192 g/mol. The number of unbranched alkanes of at least 4 members (excludes halogenated alkanes) is 6. The van der Waals surface area contributed by atoms with Gasteiger partial charge in [0.25, 0.3) is 0 Å². The van der Waals surface area contributed by atoms with Crippen LogP contribution in [0.2, 0.25) is 0 Å². The molecule has 0 bridgehead atoms. The highest BCUT2D eigenvalue weighted by molar-refractivity contribution is 5.48. The van der Waals surface area contributed by atoms with E-state index in [1.807, 2.05) is 6.08 Å². The van der Waals surface area contributed by atoms with Crippen LogP contribution in [0.5, 0.6) is 0 Å². The lowest BCUT2D eigenvalue weighted by Gasteiger charge is -1.96. The van der Waals surface area contributed by atoms with Gasteiger partial charge in [-0.15, -0.1) is 12.3 Å². The van der Waals surface area contributed by atoms with E-state index in [1.165, 1.54) is 25.7 Å². The van der Waals surface area contributed by atoms with Gasteiger partial charge in [-0.25, -0.2) is 0 Å². The largest absolute Gasteiger partial charge is 0.303 e. The van der Waals surface area contributed by atoms with E-state index in [2.05, 4.69) is 12.0 Å². The van der Waals surface area contributed by atoms with E-state index in [0.29, 0.717) is 0 Å². The van der Waals surface area contributed by atoms with Gasteiger partial charge < -0.3 is 4.79 Å². The maximum atomic E-state index is 10.0. The van der Waals surface area contributed by atoms with Crippen molar-refractivity contribution in [1.82, 2.24) is 0 Å². The molecule has 78 valence electrons. The Labute approximate surface area is 87.6 Å². The maximum absolute atomic E-state index is 10.0. The summed E-state index contributed by atoms with van der Waals surface area (Å²) in [6, 6.07) is 0. The number of hydrogen-bond donors (Lipinski definition) is 0. The van der Waals surface area contributed by atoms with Crippen molar-refractivity contribution in [3.8, 4) is 12.3 Å². The van der Waals surface area contributed by atoms with Crippen molar-refractivity contribution in [3.05, 3.63) is 12.2 Å². The Morgan fingerprint density at radius 2 is 1.57 bits per heavy atom. The number of hydrogen-bond acceptors (Lipinski definition) is 1.